The summed E-state index contributed by atoms with van der Waals surface area (Å²) in [5.74, 6) is 2.14. The van der Waals surface area contributed by atoms with Crippen molar-refractivity contribution in [2.45, 2.75) is 19.9 Å². The van der Waals surface area contributed by atoms with Crippen LogP contribution in [0.15, 0.2) is 12.1 Å². The Kier molecular flexibility index (Phi) is 4.28. The molecule has 1 aromatic carbocycles. The van der Waals surface area contributed by atoms with Crippen LogP contribution in [0.2, 0.25) is 0 Å². The van der Waals surface area contributed by atoms with Crippen molar-refractivity contribution in [2.75, 3.05) is 26.6 Å². The molecule has 1 rings (SSSR count). The number of benzene rings is 1. The van der Waals surface area contributed by atoms with Crippen molar-refractivity contribution in [2.24, 2.45) is 0 Å². The highest BCUT2D eigenvalue weighted by Gasteiger charge is 2.13. The Hall–Kier alpha value is -1.58. The maximum Gasteiger partial charge on any atom is 0.149 e. The molecule has 0 bridgehead atoms. The van der Waals surface area contributed by atoms with E-state index in [-0.39, 0.29) is 0 Å². The van der Waals surface area contributed by atoms with Crippen LogP contribution in [0.3, 0.4) is 0 Å². The fourth-order valence-corrected chi connectivity index (χ4v) is 1.44. The molecule has 0 aromatic heterocycles. The normalized spacial score (nSPS) is 10.1. The van der Waals surface area contributed by atoms with E-state index in [2.05, 4.69) is 19.2 Å². The van der Waals surface area contributed by atoms with Crippen molar-refractivity contribution in [1.29, 1.82) is 0 Å². The third kappa shape index (κ3) is 2.72. The standard InChI is InChI=1S/C12H19NO3/c1-8(2)13-12-10(15-4)6-9(14-3)7-11(12)16-5/h6-8,13H,1-5H3. The average molecular weight is 225 g/mol. The molecule has 16 heavy (non-hydrogen) atoms. The van der Waals surface area contributed by atoms with Gasteiger partial charge in [-0.25, -0.2) is 0 Å². The van der Waals surface area contributed by atoms with Crippen LogP contribution in [0.4, 0.5) is 5.69 Å². The van der Waals surface area contributed by atoms with E-state index in [1.165, 1.54) is 0 Å². The minimum Gasteiger partial charge on any atom is -0.496 e. The molecule has 0 saturated carbocycles. The van der Waals surface area contributed by atoms with Crippen molar-refractivity contribution in [1.82, 2.24) is 0 Å². The van der Waals surface area contributed by atoms with E-state index in [1.807, 2.05) is 12.1 Å². The van der Waals surface area contributed by atoms with Crippen LogP contribution >= 0.6 is 0 Å². The summed E-state index contributed by atoms with van der Waals surface area (Å²) in [5, 5.41) is 3.29. The first-order valence-corrected chi connectivity index (χ1v) is 5.19. The summed E-state index contributed by atoms with van der Waals surface area (Å²) < 4.78 is 15.8. The highest BCUT2D eigenvalue weighted by atomic mass is 16.5. The van der Waals surface area contributed by atoms with Crippen LogP contribution in [-0.4, -0.2) is 27.4 Å². The molecule has 4 heteroatoms. The van der Waals surface area contributed by atoms with Crippen molar-refractivity contribution in [3.63, 3.8) is 0 Å². The molecule has 1 N–H and O–H groups in total. The molecule has 0 amide bonds. The van der Waals surface area contributed by atoms with Gasteiger partial charge < -0.3 is 19.5 Å². The summed E-state index contributed by atoms with van der Waals surface area (Å²) in [6.45, 7) is 4.12. The molecular formula is C12H19NO3. The lowest BCUT2D eigenvalue weighted by atomic mass is 10.2. The number of anilines is 1. The molecule has 90 valence electrons. The maximum absolute atomic E-state index is 5.31. The van der Waals surface area contributed by atoms with Gasteiger partial charge in [0.2, 0.25) is 0 Å². The molecule has 1 aromatic rings. The number of methoxy groups -OCH3 is 3. The monoisotopic (exact) mass is 225 g/mol. The topological polar surface area (TPSA) is 39.7 Å². The second-order valence-corrected chi connectivity index (χ2v) is 3.71. The van der Waals surface area contributed by atoms with Gasteiger partial charge in [0.25, 0.3) is 0 Å². The van der Waals surface area contributed by atoms with Crippen LogP contribution in [-0.2, 0) is 0 Å². The van der Waals surface area contributed by atoms with E-state index in [1.54, 1.807) is 21.3 Å². The van der Waals surface area contributed by atoms with E-state index in [0.29, 0.717) is 23.3 Å². The Morgan fingerprint density at radius 1 is 0.938 bits per heavy atom. The smallest absolute Gasteiger partial charge is 0.149 e. The zero-order valence-corrected chi connectivity index (χ0v) is 10.5. The van der Waals surface area contributed by atoms with Gasteiger partial charge in [0, 0.05) is 18.2 Å². The summed E-state index contributed by atoms with van der Waals surface area (Å²) in [7, 11) is 4.86. The molecule has 0 radical (unpaired) electrons. The van der Waals surface area contributed by atoms with E-state index >= 15 is 0 Å². The average Bonchev–Trinajstić information content (AvgIpc) is 2.28. The molecule has 4 nitrogen and oxygen atoms in total. The van der Waals surface area contributed by atoms with Crippen LogP contribution in [0, 0.1) is 0 Å². The Balaban J connectivity index is 3.20. The van der Waals surface area contributed by atoms with Gasteiger partial charge in [-0.3, -0.25) is 0 Å². The predicted octanol–water partition coefficient (Wildman–Crippen LogP) is 2.53. The highest BCUT2D eigenvalue weighted by Crippen LogP contribution is 2.39. The molecule has 0 fully saturated rings. The van der Waals surface area contributed by atoms with E-state index in [0.717, 1.165) is 5.69 Å². The minimum atomic E-state index is 0.302. The first kappa shape index (κ1) is 12.5. The van der Waals surface area contributed by atoms with Gasteiger partial charge >= 0.3 is 0 Å². The summed E-state index contributed by atoms with van der Waals surface area (Å²) in [6.07, 6.45) is 0. The van der Waals surface area contributed by atoms with Gasteiger partial charge in [-0.1, -0.05) is 0 Å². The van der Waals surface area contributed by atoms with E-state index < -0.39 is 0 Å². The Morgan fingerprint density at radius 2 is 1.44 bits per heavy atom. The zero-order chi connectivity index (χ0) is 12.1. The van der Waals surface area contributed by atoms with Gasteiger partial charge in [-0.05, 0) is 13.8 Å². The maximum atomic E-state index is 5.31. The van der Waals surface area contributed by atoms with Crippen molar-refractivity contribution >= 4 is 5.69 Å². The van der Waals surface area contributed by atoms with Gasteiger partial charge in [-0.2, -0.15) is 0 Å². The van der Waals surface area contributed by atoms with Gasteiger partial charge in [0.15, 0.2) is 0 Å². The molecule has 0 aliphatic heterocycles. The first-order chi connectivity index (χ1) is 7.62. The van der Waals surface area contributed by atoms with Crippen molar-refractivity contribution in [3.05, 3.63) is 12.1 Å². The third-order valence-corrected chi connectivity index (χ3v) is 2.15. The third-order valence-electron chi connectivity index (χ3n) is 2.15. The second kappa shape index (κ2) is 5.49. The molecule has 0 unspecified atom stereocenters. The molecule has 0 aliphatic rings. The highest BCUT2D eigenvalue weighted by molar-refractivity contribution is 5.69. The number of hydrogen-bond acceptors (Lipinski definition) is 4. The summed E-state index contributed by atoms with van der Waals surface area (Å²) in [4.78, 5) is 0. The number of hydrogen-bond donors (Lipinski definition) is 1. The summed E-state index contributed by atoms with van der Waals surface area (Å²) >= 11 is 0. The largest absolute Gasteiger partial charge is 0.496 e. The SMILES string of the molecule is COc1cc(OC)c(NC(C)C)c(OC)c1. The lowest BCUT2D eigenvalue weighted by molar-refractivity contribution is 0.377. The minimum absolute atomic E-state index is 0.302. The van der Waals surface area contributed by atoms with Crippen LogP contribution < -0.4 is 19.5 Å². The number of ether oxygens (including phenoxy) is 3. The number of nitrogens with one attached hydrogen (secondary N) is 1. The Labute approximate surface area is 96.5 Å². The Bertz CT molecular complexity index is 325. The van der Waals surface area contributed by atoms with Crippen LogP contribution in [0.5, 0.6) is 17.2 Å². The van der Waals surface area contributed by atoms with E-state index in [4.69, 9.17) is 14.2 Å². The molecular weight excluding hydrogens is 206 g/mol. The van der Waals surface area contributed by atoms with Gasteiger partial charge in [0.05, 0.1) is 21.3 Å². The molecule has 0 atom stereocenters. The molecule has 0 aliphatic carbocycles. The lowest BCUT2D eigenvalue weighted by Crippen LogP contribution is -2.11. The fourth-order valence-electron chi connectivity index (χ4n) is 1.44. The quantitative estimate of drug-likeness (QED) is 0.836. The van der Waals surface area contributed by atoms with Crippen LogP contribution in [0.1, 0.15) is 13.8 Å². The van der Waals surface area contributed by atoms with Crippen LogP contribution in [0.25, 0.3) is 0 Å². The molecule has 0 saturated heterocycles. The molecule has 0 heterocycles. The number of rotatable bonds is 5. The summed E-state index contributed by atoms with van der Waals surface area (Å²) in [6, 6.07) is 3.96. The van der Waals surface area contributed by atoms with Gasteiger partial charge in [-0.15, -0.1) is 0 Å². The lowest BCUT2D eigenvalue weighted by Gasteiger charge is -2.18. The molecule has 0 spiro atoms. The van der Waals surface area contributed by atoms with E-state index in [9.17, 15) is 0 Å². The Morgan fingerprint density at radius 3 is 1.75 bits per heavy atom. The van der Waals surface area contributed by atoms with Crippen molar-refractivity contribution < 1.29 is 14.2 Å². The predicted molar refractivity (Wildman–Crippen MR) is 64.9 cm³/mol. The zero-order valence-electron chi connectivity index (χ0n) is 10.5. The second-order valence-electron chi connectivity index (χ2n) is 3.71. The first-order valence-electron chi connectivity index (χ1n) is 5.19. The van der Waals surface area contributed by atoms with Gasteiger partial charge in [0.1, 0.15) is 22.9 Å². The van der Waals surface area contributed by atoms with Crippen molar-refractivity contribution in [3.8, 4) is 17.2 Å². The fraction of sp³-hybridized carbons (Fsp3) is 0.500. The summed E-state index contributed by atoms with van der Waals surface area (Å²) in [5.41, 5.74) is 0.848.